The van der Waals surface area contributed by atoms with Gasteiger partial charge in [0.2, 0.25) is 5.91 Å². The number of halogens is 2. The molecule has 0 aliphatic carbocycles. The number of anilines is 1. The Morgan fingerprint density at radius 2 is 1.89 bits per heavy atom. The summed E-state index contributed by atoms with van der Waals surface area (Å²) in [5.41, 5.74) is 1.38. The molecule has 0 saturated carbocycles. The van der Waals surface area contributed by atoms with Crippen molar-refractivity contribution >= 4 is 29.1 Å². The molecule has 8 heteroatoms. The van der Waals surface area contributed by atoms with Crippen LogP contribution in [0.4, 0.5) is 10.1 Å². The molecule has 0 aromatic heterocycles. The van der Waals surface area contributed by atoms with Crippen molar-refractivity contribution in [1.29, 1.82) is 0 Å². The topological polar surface area (TPSA) is 63.1 Å². The van der Waals surface area contributed by atoms with Crippen LogP contribution in [0.3, 0.4) is 0 Å². The lowest BCUT2D eigenvalue weighted by molar-refractivity contribution is -0.885. The Labute approximate surface area is 168 Å². The Hall–Kier alpha value is -2.64. The van der Waals surface area contributed by atoms with Crippen molar-refractivity contribution in [1.82, 2.24) is 4.90 Å². The molecule has 0 aliphatic rings. The summed E-state index contributed by atoms with van der Waals surface area (Å²) in [5, 5.41) is 3.17. The number of rotatable bonds is 8. The largest absolute Gasteiger partial charge is 0.495 e. The third kappa shape index (κ3) is 6.51. The van der Waals surface area contributed by atoms with Crippen LogP contribution in [0.25, 0.3) is 0 Å². The number of ether oxygens (including phenoxy) is 1. The molecule has 1 unspecified atom stereocenters. The van der Waals surface area contributed by atoms with E-state index in [0.717, 1.165) is 10.5 Å². The monoisotopic (exact) mass is 408 g/mol. The molecule has 2 amide bonds. The molecule has 2 aromatic carbocycles. The zero-order valence-corrected chi connectivity index (χ0v) is 16.8. The highest BCUT2D eigenvalue weighted by molar-refractivity contribution is 6.31. The molecule has 1 atom stereocenters. The van der Waals surface area contributed by atoms with Gasteiger partial charge in [-0.3, -0.25) is 9.59 Å². The van der Waals surface area contributed by atoms with Gasteiger partial charge in [0.1, 0.15) is 18.1 Å². The highest BCUT2D eigenvalue weighted by Crippen LogP contribution is 2.27. The van der Waals surface area contributed by atoms with Crippen LogP contribution < -0.4 is 15.0 Å². The lowest BCUT2D eigenvalue weighted by Gasteiger charge is -2.20. The Morgan fingerprint density at radius 1 is 1.21 bits per heavy atom. The van der Waals surface area contributed by atoms with Crippen molar-refractivity contribution < 1.29 is 23.6 Å². The highest BCUT2D eigenvalue weighted by Gasteiger charge is 2.18. The van der Waals surface area contributed by atoms with E-state index in [-0.39, 0.29) is 30.7 Å². The van der Waals surface area contributed by atoms with Gasteiger partial charge in [-0.15, -0.1) is 0 Å². The van der Waals surface area contributed by atoms with Crippen molar-refractivity contribution in [2.24, 2.45) is 0 Å². The third-order valence-corrected chi connectivity index (χ3v) is 4.35. The molecule has 2 rings (SSSR count). The van der Waals surface area contributed by atoms with Crippen LogP contribution in [-0.2, 0) is 16.1 Å². The molecule has 0 bridgehead atoms. The standard InChI is InChI=1S/C20H23ClFN3O3/c1-24(11-14-4-7-16(22)8-5-14)13-20(27)25(2)12-19(26)23-17-10-15(21)6-9-18(17)28-3/h4-10H,11-13H2,1-3H3,(H,23,26)/p+1. The molecular formula is C20H24ClFN3O3+. The molecule has 0 spiro atoms. The molecule has 0 fully saturated rings. The van der Waals surface area contributed by atoms with Gasteiger partial charge in [-0.2, -0.15) is 0 Å². The second-order valence-corrected chi connectivity index (χ2v) is 7.02. The first-order chi connectivity index (χ1) is 13.3. The van der Waals surface area contributed by atoms with Gasteiger partial charge in [0, 0.05) is 17.6 Å². The predicted octanol–water partition coefficient (Wildman–Crippen LogP) is 1.60. The molecule has 6 nitrogen and oxygen atoms in total. The second-order valence-electron chi connectivity index (χ2n) is 6.58. The van der Waals surface area contributed by atoms with Gasteiger partial charge in [0.05, 0.1) is 26.4 Å². The van der Waals surface area contributed by atoms with Crippen molar-refractivity contribution in [3.63, 3.8) is 0 Å². The van der Waals surface area contributed by atoms with E-state index in [0.29, 0.717) is 23.0 Å². The van der Waals surface area contributed by atoms with E-state index in [4.69, 9.17) is 16.3 Å². The summed E-state index contributed by atoms with van der Waals surface area (Å²) in [6, 6.07) is 11.1. The van der Waals surface area contributed by atoms with Crippen LogP contribution in [0.1, 0.15) is 5.56 Å². The minimum absolute atomic E-state index is 0.0989. The average Bonchev–Trinajstić information content (AvgIpc) is 2.63. The van der Waals surface area contributed by atoms with E-state index in [1.54, 1.807) is 37.4 Å². The summed E-state index contributed by atoms with van der Waals surface area (Å²) in [4.78, 5) is 26.9. The number of benzene rings is 2. The fourth-order valence-corrected chi connectivity index (χ4v) is 2.85. The van der Waals surface area contributed by atoms with Gasteiger partial charge in [0.25, 0.3) is 5.91 Å². The van der Waals surface area contributed by atoms with Gasteiger partial charge in [-0.1, -0.05) is 23.7 Å². The fraction of sp³-hybridized carbons (Fsp3) is 0.300. The van der Waals surface area contributed by atoms with Crippen molar-refractivity contribution in [3.8, 4) is 5.75 Å². The van der Waals surface area contributed by atoms with Gasteiger partial charge >= 0.3 is 0 Å². The third-order valence-electron chi connectivity index (χ3n) is 4.11. The van der Waals surface area contributed by atoms with Gasteiger partial charge in [-0.25, -0.2) is 4.39 Å². The predicted molar refractivity (Wildman–Crippen MR) is 106 cm³/mol. The number of methoxy groups -OCH3 is 1. The van der Waals surface area contributed by atoms with Crippen molar-refractivity contribution in [3.05, 3.63) is 58.9 Å². The number of nitrogens with zero attached hydrogens (tertiary/aromatic N) is 1. The van der Waals surface area contributed by atoms with Crippen molar-refractivity contribution in [2.75, 3.05) is 39.6 Å². The van der Waals surface area contributed by atoms with Gasteiger partial charge < -0.3 is 19.9 Å². The average molecular weight is 409 g/mol. The number of hydrogen-bond donors (Lipinski definition) is 2. The first-order valence-electron chi connectivity index (χ1n) is 8.71. The maximum Gasteiger partial charge on any atom is 0.277 e. The zero-order chi connectivity index (χ0) is 20.7. The number of quaternary nitrogens is 1. The fourth-order valence-electron chi connectivity index (χ4n) is 2.68. The molecule has 0 aliphatic heterocycles. The summed E-state index contributed by atoms with van der Waals surface area (Å²) in [6.45, 7) is 0.686. The number of carbonyl (C=O) groups is 2. The molecule has 28 heavy (non-hydrogen) atoms. The molecule has 2 N–H and O–H groups in total. The molecule has 2 aromatic rings. The SMILES string of the molecule is COc1ccc(Cl)cc1NC(=O)CN(C)C(=O)C[NH+](C)Cc1ccc(F)cc1. The molecular weight excluding hydrogens is 385 g/mol. The van der Waals surface area contributed by atoms with E-state index < -0.39 is 0 Å². The van der Waals surface area contributed by atoms with E-state index in [1.165, 1.54) is 24.1 Å². The normalized spacial score (nSPS) is 11.6. The highest BCUT2D eigenvalue weighted by atomic mass is 35.5. The maximum atomic E-state index is 13.0. The van der Waals surface area contributed by atoms with Crippen LogP contribution in [0.15, 0.2) is 42.5 Å². The number of amides is 2. The summed E-state index contributed by atoms with van der Waals surface area (Å²) in [7, 11) is 4.93. The lowest BCUT2D eigenvalue weighted by atomic mass is 10.2. The Balaban J connectivity index is 1.86. The van der Waals surface area contributed by atoms with Crippen LogP contribution >= 0.6 is 11.6 Å². The van der Waals surface area contributed by atoms with E-state index in [2.05, 4.69) is 5.32 Å². The second kappa shape index (κ2) is 10.1. The first kappa shape index (κ1) is 21.7. The Kier molecular flexibility index (Phi) is 7.78. The van der Waals surface area contributed by atoms with E-state index in [1.807, 2.05) is 7.05 Å². The van der Waals surface area contributed by atoms with Crippen LogP contribution in [0.5, 0.6) is 5.75 Å². The number of hydrogen-bond acceptors (Lipinski definition) is 3. The Bertz CT molecular complexity index is 830. The quantitative estimate of drug-likeness (QED) is 0.697. The summed E-state index contributed by atoms with van der Waals surface area (Å²) in [5.74, 6) is -0.338. The Morgan fingerprint density at radius 3 is 2.54 bits per heavy atom. The number of likely N-dealkylation sites (N-methyl/N-ethyl adjacent to an activating group) is 2. The van der Waals surface area contributed by atoms with E-state index in [9.17, 15) is 14.0 Å². The maximum absolute atomic E-state index is 13.0. The zero-order valence-electron chi connectivity index (χ0n) is 16.1. The number of carbonyl (C=O) groups excluding carboxylic acids is 2. The molecule has 150 valence electrons. The van der Waals surface area contributed by atoms with E-state index >= 15 is 0 Å². The minimum atomic E-state index is -0.354. The minimum Gasteiger partial charge on any atom is -0.495 e. The molecule has 0 radical (unpaired) electrons. The first-order valence-corrected chi connectivity index (χ1v) is 9.09. The van der Waals surface area contributed by atoms with Crippen molar-refractivity contribution in [2.45, 2.75) is 6.54 Å². The smallest absolute Gasteiger partial charge is 0.277 e. The van der Waals surface area contributed by atoms with Gasteiger partial charge in [-0.05, 0) is 30.3 Å². The number of nitrogens with one attached hydrogen (secondary N) is 2. The van der Waals surface area contributed by atoms with Crippen LogP contribution in [-0.4, -0.2) is 51.0 Å². The lowest BCUT2D eigenvalue weighted by Crippen LogP contribution is -3.08. The molecule has 0 heterocycles. The summed E-state index contributed by atoms with van der Waals surface area (Å²) < 4.78 is 18.2. The van der Waals surface area contributed by atoms with Gasteiger partial charge in [0.15, 0.2) is 6.54 Å². The summed E-state index contributed by atoms with van der Waals surface area (Å²) in [6.07, 6.45) is 0. The van der Waals surface area contributed by atoms with Crippen LogP contribution in [0.2, 0.25) is 5.02 Å². The van der Waals surface area contributed by atoms with Crippen LogP contribution in [0, 0.1) is 5.82 Å². The molecule has 0 saturated heterocycles. The summed E-state index contributed by atoms with van der Waals surface area (Å²) >= 11 is 5.95.